The number of carbonyl (C=O) groups excluding carboxylic acids is 1. The maximum absolute atomic E-state index is 13.0. The van der Waals surface area contributed by atoms with Crippen molar-refractivity contribution >= 4 is 22.9 Å². The minimum Gasteiger partial charge on any atom is -0.337 e. The van der Waals surface area contributed by atoms with E-state index in [4.69, 9.17) is 0 Å². The second-order valence-corrected chi connectivity index (χ2v) is 6.74. The predicted molar refractivity (Wildman–Crippen MR) is 99.7 cm³/mol. The zero-order valence-corrected chi connectivity index (χ0v) is 15.2. The van der Waals surface area contributed by atoms with Gasteiger partial charge in [-0.3, -0.25) is 10.1 Å². The molecule has 0 saturated heterocycles. The van der Waals surface area contributed by atoms with Crippen molar-refractivity contribution in [2.45, 2.75) is 6.92 Å². The minimum atomic E-state index is -0.438. The number of benzene rings is 2. The average molecular weight is 353 g/mol. The second kappa shape index (κ2) is 6.27. The molecule has 0 spiro atoms. The van der Waals surface area contributed by atoms with Crippen LogP contribution in [-0.4, -0.2) is 41.6 Å². The number of non-ortho nitro benzene ring substituents is 1. The number of aryl methyl sites for hydroxylation is 1. The Morgan fingerprint density at radius 3 is 2.15 bits per heavy atom. The lowest BCUT2D eigenvalue weighted by Gasteiger charge is -2.30. The maximum atomic E-state index is 13.0. The number of hydrogen-bond acceptors (Lipinski definition) is 5. The van der Waals surface area contributed by atoms with Crippen molar-refractivity contribution in [2.24, 2.45) is 0 Å². The van der Waals surface area contributed by atoms with Gasteiger partial charge < -0.3 is 5.32 Å². The molecule has 3 rings (SSSR count). The fraction of sp³-hybridized carbons (Fsp3) is 0.211. The summed E-state index contributed by atoms with van der Waals surface area (Å²) in [4.78, 5) is 23.4. The third-order valence-electron chi connectivity index (χ3n) is 4.70. The van der Waals surface area contributed by atoms with Gasteiger partial charge in [0.15, 0.2) is 5.82 Å². The Balaban J connectivity index is 2.04. The first-order valence-corrected chi connectivity index (χ1v) is 8.17. The number of nitrogens with one attached hydrogen (secondary N) is 1. The average Bonchev–Trinajstić information content (AvgIpc) is 2.77. The third kappa shape index (κ3) is 2.93. The van der Waals surface area contributed by atoms with E-state index in [1.807, 2.05) is 57.3 Å². The molecule has 134 valence electrons. The van der Waals surface area contributed by atoms with Gasteiger partial charge in [-0.15, -0.1) is 0 Å². The molecule has 0 fully saturated rings. The summed E-state index contributed by atoms with van der Waals surface area (Å²) in [7, 11) is 5.48. The van der Waals surface area contributed by atoms with Crippen molar-refractivity contribution in [3.63, 3.8) is 0 Å². The number of amides is 1. The number of hydrogen-bond donors (Lipinski definition) is 1. The van der Waals surface area contributed by atoms with Crippen LogP contribution in [0.15, 0.2) is 54.4 Å². The fourth-order valence-corrected chi connectivity index (χ4v) is 2.85. The summed E-state index contributed by atoms with van der Waals surface area (Å²) >= 11 is 0. The summed E-state index contributed by atoms with van der Waals surface area (Å²) in [6.45, 7) is 2.00. The molecule has 1 amide bonds. The van der Waals surface area contributed by atoms with Crippen LogP contribution in [0.25, 0.3) is 5.57 Å². The van der Waals surface area contributed by atoms with Gasteiger partial charge in [0, 0.05) is 17.8 Å². The third-order valence-corrected chi connectivity index (χ3v) is 4.70. The molecule has 7 nitrogen and oxygen atoms in total. The molecule has 7 heteroatoms. The highest BCUT2D eigenvalue weighted by molar-refractivity contribution is 6.18. The van der Waals surface area contributed by atoms with Gasteiger partial charge in [0.25, 0.3) is 5.69 Å². The van der Waals surface area contributed by atoms with E-state index in [0.717, 1.165) is 11.1 Å². The summed E-state index contributed by atoms with van der Waals surface area (Å²) in [6.07, 6.45) is 0. The number of nitro benzene ring substituents is 1. The molecule has 2 aromatic carbocycles. The second-order valence-electron chi connectivity index (χ2n) is 6.74. The first-order valence-electron chi connectivity index (χ1n) is 8.17. The van der Waals surface area contributed by atoms with E-state index in [0.29, 0.717) is 17.1 Å². The van der Waals surface area contributed by atoms with E-state index < -0.39 is 4.92 Å². The summed E-state index contributed by atoms with van der Waals surface area (Å²) in [5.74, 6) is 0.637. The molecule has 26 heavy (non-hydrogen) atoms. The normalized spacial score (nSPS) is 16.2. The topological polar surface area (TPSA) is 75.5 Å². The predicted octanol–water partition coefficient (Wildman–Crippen LogP) is 3.15. The zero-order valence-electron chi connectivity index (χ0n) is 15.2. The summed E-state index contributed by atoms with van der Waals surface area (Å²) < 4.78 is 0.0541. The molecule has 1 aliphatic heterocycles. The van der Waals surface area contributed by atoms with E-state index in [1.54, 1.807) is 12.1 Å². The molecule has 0 aromatic heterocycles. The molecule has 2 aromatic rings. The summed E-state index contributed by atoms with van der Waals surface area (Å²) in [5, 5.41) is 15.9. The van der Waals surface area contributed by atoms with Crippen LogP contribution in [0, 0.1) is 17.0 Å². The van der Waals surface area contributed by atoms with Gasteiger partial charge >= 0.3 is 5.91 Å². The lowest BCUT2D eigenvalue weighted by atomic mass is 10.0. The van der Waals surface area contributed by atoms with Crippen LogP contribution < -0.4 is 5.32 Å². The standard InChI is InChI=1S/C19H20N4O3/c1-13-5-7-14(8-6-13)17-18(21(2)23(3,4)19(17)24)20-15-9-11-16(12-10-15)22(25)26/h5-12H,1-4H3/p+1. The fourth-order valence-electron chi connectivity index (χ4n) is 2.85. The molecule has 0 aliphatic carbocycles. The first kappa shape index (κ1) is 17.6. The van der Waals surface area contributed by atoms with Crippen LogP contribution in [0.2, 0.25) is 0 Å². The van der Waals surface area contributed by atoms with Crippen molar-refractivity contribution in [3.05, 3.63) is 75.6 Å². The van der Waals surface area contributed by atoms with Crippen LogP contribution in [0.3, 0.4) is 0 Å². The molecule has 0 unspecified atom stereocenters. The van der Waals surface area contributed by atoms with E-state index in [9.17, 15) is 14.9 Å². The largest absolute Gasteiger partial charge is 0.374 e. The highest BCUT2D eigenvalue weighted by Crippen LogP contribution is 2.34. The quantitative estimate of drug-likeness (QED) is 0.519. The van der Waals surface area contributed by atoms with Crippen molar-refractivity contribution in [1.82, 2.24) is 5.01 Å². The van der Waals surface area contributed by atoms with Gasteiger partial charge in [0.2, 0.25) is 0 Å². The number of quaternary nitrogens is 1. The summed E-state index contributed by atoms with van der Waals surface area (Å²) in [5.41, 5.74) is 3.25. The number of anilines is 1. The summed E-state index contributed by atoms with van der Waals surface area (Å²) in [6, 6.07) is 13.9. The molecule has 0 bridgehead atoms. The van der Waals surface area contributed by atoms with Crippen LogP contribution >= 0.6 is 0 Å². The number of carbonyl (C=O) groups is 1. The number of nitro groups is 1. The number of rotatable bonds is 4. The Labute approximate surface area is 151 Å². The van der Waals surface area contributed by atoms with E-state index in [2.05, 4.69) is 5.32 Å². The highest BCUT2D eigenvalue weighted by Gasteiger charge is 2.46. The van der Waals surface area contributed by atoms with Crippen LogP contribution in [0.1, 0.15) is 11.1 Å². The number of nitrogens with zero attached hydrogens (tertiary/aromatic N) is 3. The van der Waals surface area contributed by atoms with Crippen LogP contribution in [-0.2, 0) is 4.79 Å². The Morgan fingerprint density at radius 2 is 1.62 bits per heavy atom. The highest BCUT2D eigenvalue weighted by atomic mass is 16.6. The van der Waals surface area contributed by atoms with Crippen molar-refractivity contribution in [3.8, 4) is 0 Å². The maximum Gasteiger partial charge on any atom is 0.374 e. The SMILES string of the molecule is Cc1ccc(C2=C(Nc3ccc([N+](=O)[O-])cc3)N(C)[N+](C)(C)C2=O)cc1. The monoisotopic (exact) mass is 353 g/mol. The Morgan fingerprint density at radius 1 is 1.04 bits per heavy atom. The first-order chi connectivity index (χ1) is 12.2. The van der Waals surface area contributed by atoms with Gasteiger partial charge in [-0.25, -0.2) is 9.80 Å². The molecule has 1 aliphatic rings. The molecule has 0 atom stereocenters. The molecular formula is C19H21N4O3+. The van der Waals surface area contributed by atoms with E-state index in [1.165, 1.54) is 12.1 Å². The van der Waals surface area contributed by atoms with Gasteiger partial charge in [-0.2, -0.15) is 4.59 Å². The van der Waals surface area contributed by atoms with Gasteiger partial charge in [0.05, 0.1) is 26.1 Å². The molecule has 1 N–H and O–H groups in total. The van der Waals surface area contributed by atoms with Crippen molar-refractivity contribution < 1.29 is 14.3 Å². The van der Waals surface area contributed by atoms with Gasteiger partial charge in [0.1, 0.15) is 5.57 Å². The smallest absolute Gasteiger partial charge is 0.337 e. The molecule has 0 radical (unpaired) electrons. The molecular weight excluding hydrogens is 332 g/mol. The van der Waals surface area contributed by atoms with Gasteiger partial charge in [-0.1, -0.05) is 29.8 Å². The molecule has 0 saturated carbocycles. The minimum absolute atomic E-state index is 0.0234. The van der Waals surface area contributed by atoms with Crippen molar-refractivity contribution in [2.75, 3.05) is 26.5 Å². The lowest BCUT2D eigenvalue weighted by molar-refractivity contribution is -0.917. The molecule has 1 heterocycles. The Kier molecular flexibility index (Phi) is 4.25. The van der Waals surface area contributed by atoms with Crippen LogP contribution in [0.5, 0.6) is 0 Å². The van der Waals surface area contributed by atoms with Gasteiger partial charge in [-0.05, 0) is 24.6 Å². The Hall–Kier alpha value is -3.19. The lowest BCUT2D eigenvalue weighted by Crippen LogP contribution is -2.51. The van der Waals surface area contributed by atoms with E-state index >= 15 is 0 Å². The Bertz CT molecular complexity index is 899. The van der Waals surface area contributed by atoms with Crippen LogP contribution in [0.4, 0.5) is 11.4 Å². The number of likely N-dealkylation sites (N-methyl/N-ethyl adjacent to an activating group) is 1. The van der Waals surface area contributed by atoms with E-state index in [-0.39, 0.29) is 16.2 Å². The van der Waals surface area contributed by atoms with Crippen molar-refractivity contribution in [1.29, 1.82) is 0 Å². The zero-order chi connectivity index (χ0) is 19.1.